The molecule has 0 saturated carbocycles. The van der Waals surface area contributed by atoms with Gasteiger partial charge in [-0.2, -0.15) is 4.57 Å². The Morgan fingerprint density at radius 2 is 1.36 bits per heavy atom. The summed E-state index contributed by atoms with van der Waals surface area (Å²) in [4.78, 5) is 0. The highest BCUT2D eigenvalue weighted by atomic mass is 15.2. The molecule has 7 rings (SSSR count). The molecule has 2 nitrogen and oxygen atoms in total. The molecule has 2 aliphatic rings. The van der Waals surface area contributed by atoms with Crippen molar-refractivity contribution in [1.82, 2.24) is 4.57 Å². The summed E-state index contributed by atoms with van der Waals surface area (Å²) in [6.45, 7) is 16.8. The first-order valence-electron chi connectivity index (χ1n) is 16.2. The molecular formula is C40H45N2+. The smallest absolute Gasteiger partial charge is 0.216 e. The lowest BCUT2D eigenvalue weighted by molar-refractivity contribution is -0.743. The van der Waals surface area contributed by atoms with Crippen molar-refractivity contribution in [3.63, 3.8) is 0 Å². The fourth-order valence-corrected chi connectivity index (χ4v) is 8.47. The average Bonchev–Trinajstić information content (AvgIpc) is 3.48. The molecule has 42 heavy (non-hydrogen) atoms. The molecule has 1 aliphatic carbocycles. The minimum Gasteiger partial charge on any atom is -0.216 e. The van der Waals surface area contributed by atoms with Crippen LogP contribution in [0.1, 0.15) is 96.4 Å². The maximum atomic E-state index is 2.70. The van der Waals surface area contributed by atoms with Crippen LogP contribution in [0.5, 0.6) is 0 Å². The average molecular weight is 554 g/mol. The largest absolute Gasteiger partial charge is 0.295 e. The predicted octanol–water partition coefficient (Wildman–Crippen LogP) is 10.0. The number of fused-ring (bicyclic) bond motifs is 8. The van der Waals surface area contributed by atoms with Gasteiger partial charge in [0.2, 0.25) is 0 Å². The zero-order valence-electron chi connectivity index (χ0n) is 26.5. The molecule has 0 radical (unpaired) electrons. The van der Waals surface area contributed by atoms with Crippen molar-refractivity contribution in [2.75, 3.05) is 0 Å². The molecule has 2 unspecified atom stereocenters. The van der Waals surface area contributed by atoms with Gasteiger partial charge in [0, 0.05) is 10.8 Å². The SMILES string of the molecule is CCCCc1ccc2c(c1)-c1cc(-n3c4[n+](c5ccccc53)C(C)(CC)C(C)(CC)c3ccccc3-4)ccc1C2(C)C. The van der Waals surface area contributed by atoms with Crippen LogP contribution in [0, 0.1) is 0 Å². The lowest BCUT2D eigenvalue weighted by Gasteiger charge is -2.47. The summed E-state index contributed by atoms with van der Waals surface area (Å²) in [5.41, 5.74) is 13.7. The Bertz CT molecular complexity index is 1850. The number of benzene rings is 4. The molecule has 214 valence electrons. The van der Waals surface area contributed by atoms with Gasteiger partial charge in [0.15, 0.2) is 11.0 Å². The maximum Gasteiger partial charge on any atom is 0.295 e. The number of para-hydroxylation sites is 2. The van der Waals surface area contributed by atoms with E-state index in [0.717, 1.165) is 19.3 Å². The van der Waals surface area contributed by atoms with E-state index >= 15 is 0 Å². The summed E-state index contributed by atoms with van der Waals surface area (Å²) >= 11 is 0. The second kappa shape index (κ2) is 9.43. The molecule has 0 saturated heterocycles. The molecule has 5 aromatic rings. The van der Waals surface area contributed by atoms with Gasteiger partial charge >= 0.3 is 0 Å². The van der Waals surface area contributed by atoms with Crippen LogP contribution in [-0.4, -0.2) is 4.57 Å². The summed E-state index contributed by atoms with van der Waals surface area (Å²) < 4.78 is 5.26. The zero-order valence-corrected chi connectivity index (χ0v) is 26.5. The van der Waals surface area contributed by atoms with Crippen molar-refractivity contribution >= 4 is 11.0 Å². The van der Waals surface area contributed by atoms with E-state index in [-0.39, 0.29) is 16.4 Å². The Morgan fingerprint density at radius 1 is 0.667 bits per heavy atom. The minimum absolute atomic E-state index is 0.00423. The summed E-state index contributed by atoms with van der Waals surface area (Å²) in [5.74, 6) is 1.30. The minimum atomic E-state index is -0.0736. The van der Waals surface area contributed by atoms with Gasteiger partial charge in [0.25, 0.3) is 5.82 Å². The first-order valence-corrected chi connectivity index (χ1v) is 16.2. The van der Waals surface area contributed by atoms with Gasteiger partial charge in [-0.15, -0.1) is 0 Å². The molecular weight excluding hydrogens is 508 g/mol. The highest BCUT2D eigenvalue weighted by Gasteiger charge is 2.56. The van der Waals surface area contributed by atoms with Crippen molar-refractivity contribution in [3.8, 4) is 28.2 Å². The Balaban J connectivity index is 1.54. The Kier molecular flexibility index (Phi) is 6.11. The number of aryl methyl sites for hydroxylation is 1. The summed E-state index contributed by atoms with van der Waals surface area (Å²) in [7, 11) is 0. The van der Waals surface area contributed by atoms with Crippen LogP contribution in [0.25, 0.3) is 39.2 Å². The van der Waals surface area contributed by atoms with E-state index in [9.17, 15) is 0 Å². The number of imidazole rings is 1. The molecule has 1 aromatic heterocycles. The maximum absolute atomic E-state index is 2.70. The quantitative estimate of drug-likeness (QED) is 0.185. The van der Waals surface area contributed by atoms with Gasteiger partial charge in [-0.25, -0.2) is 4.57 Å². The summed E-state index contributed by atoms with van der Waals surface area (Å²) in [6.07, 6.45) is 5.76. The number of unbranched alkanes of at least 4 members (excludes halogenated alkanes) is 1. The van der Waals surface area contributed by atoms with E-state index < -0.39 is 0 Å². The van der Waals surface area contributed by atoms with Crippen LogP contribution in [0.3, 0.4) is 0 Å². The predicted molar refractivity (Wildman–Crippen MR) is 177 cm³/mol. The van der Waals surface area contributed by atoms with Gasteiger partial charge in [-0.3, -0.25) is 0 Å². The molecule has 1 aliphatic heterocycles. The second-order valence-electron chi connectivity index (χ2n) is 13.7. The summed E-state index contributed by atoms with van der Waals surface area (Å²) in [5, 5.41) is 0. The molecule has 4 aromatic carbocycles. The Morgan fingerprint density at radius 3 is 2.10 bits per heavy atom. The molecule has 0 spiro atoms. The molecule has 0 amide bonds. The van der Waals surface area contributed by atoms with E-state index in [0.29, 0.717) is 0 Å². The number of rotatable bonds is 6. The van der Waals surface area contributed by atoms with Crippen LogP contribution < -0.4 is 4.57 Å². The van der Waals surface area contributed by atoms with Crippen LogP contribution in [0.15, 0.2) is 84.9 Å². The number of hydrogen-bond donors (Lipinski definition) is 0. The second-order valence-corrected chi connectivity index (χ2v) is 13.7. The standard InChI is InChI=1S/C40H45N2/c1-8-11-16-27-21-23-32-30(25-27)31-26-28(22-24-33(31)38(32,4)5)41-35-19-14-15-20-36(35)42-37(41)29-17-12-13-18-34(29)39(6,9-2)40(42,7)10-3/h12-15,17-26H,8-11,16H2,1-7H3/q+1. The van der Waals surface area contributed by atoms with Crippen LogP contribution in [-0.2, 0) is 22.8 Å². The molecule has 0 bridgehead atoms. The number of hydrogen-bond acceptors (Lipinski definition) is 0. The third-order valence-electron chi connectivity index (χ3n) is 11.4. The van der Waals surface area contributed by atoms with Crippen molar-refractivity contribution < 1.29 is 4.57 Å². The fourth-order valence-electron chi connectivity index (χ4n) is 8.47. The molecule has 2 heterocycles. The topological polar surface area (TPSA) is 8.81 Å². The van der Waals surface area contributed by atoms with Crippen LogP contribution in [0.2, 0.25) is 0 Å². The van der Waals surface area contributed by atoms with Gasteiger partial charge in [-0.1, -0.05) is 103 Å². The molecule has 0 N–H and O–H groups in total. The molecule has 2 atom stereocenters. The third-order valence-corrected chi connectivity index (χ3v) is 11.4. The van der Waals surface area contributed by atoms with E-state index in [1.807, 2.05) is 0 Å². The Hall–Kier alpha value is -3.65. The van der Waals surface area contributed by atoms with Gasteiger partial charge in [0.05, 0.1) is 5.56 Å². The third kappa shape index (κ3) is 3.41. The van der Waals surface area contributed by atoms with E-state index in [2.05, 4.69) is 143 Å². The molecule has 0 fully saturated rings. The van der Waals surface area contributed by atoms with Gasteiger partial charge in [-0.05, 0) is 96.3 Å². The molecule has 2 heteroatoms. The van der Waals surface area contributed by atoms with Crippen molar-refractivity contribution in [1.29, 1.82) is 0 Å². The summed E-state index contributed by atoms with van der Waals surface area (Å²) in [6, 6.07) is 32.8. The number of aromatic nitrogens is 2. The van der Waals surface area contributed by atoms with Crippen molar-refractivity contribution in [2.24, 2.45) is 0 Å². The van der Waals surface area contributed by atoms with Crippen molar-refractivity contribution in [2.45, 2.75) is 96.9 Å². The van der Waals surface area contributed by atoms with Crippen LogP contribution in [0.4, 0.5) is 0 Å². The highest BCUT2D eigenvalue weighted by Crippen LogP contribution is 2.53. The van der Waals surface area contributed by atoms with Gasteiger partial charge < -0.3 is 0 Å². The Labute approximate surface area is 252 Å². The first kappa shape index (κ1) is 27.2. The van der Waals surface area contributed by atoms with Gasteiger partial charge in [0.1, 0.15) is 11.2 Å². The fraction of sp³-hybridized carbons (Fsp3) is 0.375. The number of nitrogens with zero attached hydrogens (tertiary/aromatic N) is 2. The lowest BCUT2D eigenvalue weighted by Crippen LogP contribution is -2.67. The van der Waals surface area contributed by atoms with Crippen LogP contribution >= 0.6 is 0 Å². The monoisotopic (exact) mass is 553 g/mol. The van der Waals surface area contributed by atoms with E-state index in [4.69, 9.17) is 0 Å². The normalized spacial score (nSPS) is 21.6. The van der Waals surface area contributed by atoms with E-state index in [1.165, 1.54) is 74.3 Å². The lowest BCUT2D eigenvalue weighted by atomic mass is 9.61. The highest BCUT2D eigenvalue weighted by molar-refractivity contribution is 5.85. The van der Waals surface area contributed by atoms with E-state index in [1.54, 1.807) is 0 Å². The first-order chi connectivity index (χ1) is 20.2. The van der Waals surface area contributed by atoms with Crippen molar-refractivity contribution in [3.05, 3.63) is 107 Å². The zero-order chi connectivity index (χ0) is 29.4.